The van der Waals surface area contributed by atoms with E-state index in [1.54, 1.807) is 0 Å². The van der Waals surface area contributed by atoms with E-state index in [4.69, 9.17) is 4.74 Å². The molecule has 31 heavy (non-hydrogen) atoms. The van der Waals surface area contributed by atoms with E-state index in [0.717, 1.165) is 5.57 Å². The molecule has 7 nitrogen and oxygen atoms in total. The molecule has 0 amide bonds. The number of aliphatic hydroxyl groups excluding tert-OH is 3. The largest absolute Gasteiger partial charge is 0.469 e. The van der Waals surface area contributed by atoms with E-state index in [1.165, 1.54) is 7.11 Å². The van der Waals surface area contributed by atoms with Gasteiger partial charge in [0.2, 0.25) is 0 Å². The number of hydrogen-bond donors (Lipinski definition) is 3. The van der Waals surface area contributed by atoms with Crippen LogP contribution in [0.1, 0.15) is 59.3 Å². The lowest BCUT2D eigenvalue weighted by atomic mass is 9.66. The molecule has 0 spiro atoms. The van der Waals surface area contributed by atoms with Crippen molar-refractivity contribution in [3.8, 4) is 0 Å². The molecule has 2 rings (SSSR count). The van der Waals surface area contributed by atoms with Crippen LogP contribution in [-0.4, -0.2) is 58.8 Å². The highest BCUT2D eigenvalue weighted by Crippen LogP contribution is 2.44. The standard InChI is InChI=1S/C24H38O7/c1-5-14(2)24(29)31-21-12-18(26)10-16-7-6-15(3)20(23(16)21)9-8-17(25)11-19(27)13-22(28)30-4/h6-7,10,14-15,17-21,23,25-27H,5,8-9,11-13H2,1-4H3/t14-,15-,17+,18+,19+,20-,21-,23-/m0/s1. The Morgan fingerprint density at radius 3 is 2.61 bits per heavy atom. The monoisotopic (exact) mass is 438 g/mol. The van der Waals surface area contributed by atoms with E-state index in [0.29, 0.717) is 25.7 Å². The van der Waals surface area contributed by atoms with Crippen molar-refractivity contribution in [1.82, 2.24) is 0 Å². The molecule has 0 aliphatic heterocycles. The topological polar surface area (TPSA) is 113 Å². The Balaban J connectivity index is 2.06. The first-order chi connectivity index (χ1) is 14.7. The molecule has 0 unspecified atom stereocenters. The van der Waals surface area contributed by atoms with E-state index in [1.807, 2.05) is 26.0 Å². The summed E-state index contributed by atoms with van der Waals surface area (Å²) < 4.78 is 10.4. The van der Waals surface area contributed by atoms with Crippen molar-refractivity contribution in [2.75, 3.05) is 7.11 Å². The number of ether oxygens (including phenoxy) is 2. The SMILES string of the molecule is CC[C@H](C)C(=O)O[C@H]1C[C@H](O)C=C2C=C[C@H](C)[C@H](CC[C@@H](O)C[C@@H](O)CC(=O)OC)[C@H]21. The van der Waals surface area contributed by atoms with Crippen LogP contribution in [0, 0.1) is 23.7 Å². The van der Waals surface area contributed by atoms with Gasteiger partial charge in [-0.3, -0.25) is 9.59 Å². The molecule has 3 N–H and O–H groups in total. The van der Waals surface area contributed by atoms with Gasteiger partial charge in [-0.2, -0.15) is 0 Å². The van der Waals surface area contributed by atoms with Crippen LogP contribution >= 0.6 is 0 Å². The zero-order chi connectivity index (χ0) is 23.1. The molecule has 2 aliphatic carbocycles. The molecule has 0 radical (unpaired) electrons. The third-order valence-electron chi connectivity index (χ3n) is 6.66. The van der Waals surface area contributed by atoms with Crippen molar-refractivity contribution >= 4 is 11.9 Å². The molecule has 0 fully saturated rings. The van der Waals surface area contributed by atoms with Crippen LogP contribution in [0.15, 0.2) is 23.8 Å². The highest BCUT2D eigenvalue weighted by molar-refractivity contribution is 5.72. The predicted octanol–water partition coefficient (Wildman–Crippen LogP) is 2.53. The number of carbonyl (C=O) groups is 2. The molecule has 2 aliphatic rings. The number of allylic oxidation sites excluding steroid dienone is 2. The average molecular weight is 439 g/mol. The van der Waals surface area contributed by atoms with Gasteiger partial charge >= 0.3 is 11.9 Å². The number of carbonyl (C=O) groups excluding carboxylic acids is 2. The maximum Gasteiger partial charge on any atom is 0.308 e. The van der Waals surface area contributed by atoms with Crippen molar-refractivity contribution in [2.24, 2.45) is 23.7 Å². The Morgan fingerprint density at radius 1 is 1.26 bits per heavy atom. The predicted molar refractivity (Wildman–Crippen MR) is 116 cm³/mol. The Bertz CT molecular complexity index is 671. The number of rotatable bonds is 10. The van der Waals surface area contributed by atoms with Crippen molar-refractivity contribution in [3.05, 3.63) is 23.8 Å². The fourth-order valence-electron chi connectivity index (χ4n) is 4.59. The maximum absolute atomic E-state index is 12.5. The quantitative estimate of drug-likeness (QED) is 0.449. The molecule has 0 aromatic rings. The summed E-state index contributed by atoms with van der Waals surface area (Å²) in [5.74, 6) is -0.636. The lowest BCUT2D eigenvalue weighted by Crippen LogP contribution is -2.43. The Labute approximate surface area is 185 Å². The van der Waals surface area contributed by atoms with Crippen LogP contribution in [0.2, 0.25) is 0 Å². The Morgan fingerprint density at radius 2 is 1.97 bits per heavy atom. The first-order valence-electron chi connectivity index (χ1n) is 11.4. The van der Waals surface area contributed by atoms with Crippen molar-refractivity contribution in [2.45, 2.75) is 83.7 Å². The molecule has 8 atom stereocenters. The second kappa shape index (κ2) is 11.8. The van der Waals surface area contributed by atoms with Gasteiger partial charge in [0.1, 0.15) is 6.10 Å². The third kappa shape index (κ3) is 7.16. The van der Waals surface area contributed by atoms with Gasteiger partial charge in [0, 0.05) is 12.3 Å². The molecule has 0 aromatic carbocycles. The van der Waals surface area contributed by atoms with Crippen LogP contribution < -0.4 is 0 Å². The smallest absolute Gasteiger partial charge is 0.308 e. The lowest BCUT2D eigenvalue weighted by molar-refractivity contribution is -0.159. The molecule has 0 heterocycles. The molecule has 0 saturated heterocycles. The summed E-state index contributed by atoms with van der Waals surface area (Å²) in [6.07, 6.45) is 5.34. The number of esters is 2. The summed E-state index contributed by atoms with van der Waals surface area (Å²) >= 11 is 0. The summed E-state index contributed by atoms with van der Waals surface area (Å²) in [6, 6.07) is 0. The van der Waals surface area contributed by atoms with Gasteiger partial charge in [0.15, 0.2) is 0 Å². The maximum atomic E-state index is 12.5. The van der Waals surface area contributed by atoms with Gasteiger partial charge in [-0.1, -0.05) is 39.0 Å². The minimum absolute atomic E-state index is 0.0383. The fraction of sp³-hybridized carbons (Fsp3) is 0.750. The van der Waals surface area contributed by atoms with E-state index in [-0.39, 0.29) is 42.5 Å². The van der Waals surface area contributed by atoms with E-state index in [2.05, 4.69) is 17.7 Å². The summed E-state index contributed by atoms with van der Waals surface area (Å²) in [5.41, 5.74) is 0.976. The summed E-state index contributed by atoms with van der Waals surface area (Å²) in [4.78, 5) is 23.8. The number of aliphatic hydroxyl groups is 3. The van der Waals surface area contributed by atoms with Crippen LogP contribution in [-0.2, 0) is 19.1 Å². The third-order valence-corrected chi connectivity index (χ3v) is 6.66. The van der Waals surface area contributed by atoms with Crippen LogP contribution in [0.25, 0.3) is 0 Å². The average Bonchev–Trinajstić information content (AvgIpc) is 2.72. The second-order valence-corrected chi connectivity index (χ2v) is 9.06. The van der Waals surface area contributed by atoms with E-state index >= 15 is 0 Å². The van der Waals surface area contributed by atoms with Gasteiger partial charge in [-0.05, 0) is 43.1 Å². The zero-order valence-electron chi connectivity index (χ0n) is 19.1. The minimum Gasteiger partial charge on any atom is -0.469 e. The molecule has 176 valence electrons. The van der Waals surface area contributed by atoms with Crippen LogP contribution in [0.5, 0.6) is 0 Å². The summed E-state index contributed by atoms with van der Waals surface area (Å²) in [5, 5.41) is 30.7. The number of fused-ring (bicyclic) bond motifs is 1. The van der Waals surface area contributed by atoms with E-state index in [9.17, 15) is 24.9 Å². The number of methoxy groups -OCH3 is 1. The van der Waals surface area contributed by atoms with Gasteiger partial charge < -0.3 is 24.8 Å². The fourth-order valence-corrected chi connectivity index (χ4v) is 4.59. The molecular weight excluding hydrogens is 400 g/mol. The lowest BCUT2D eigenvalue weighted by Gasteiger charge is -2.43. The second-order valence-electron chi connectivity index (χ2n) is 9.06. The van der Waals surface area contributed by atoms with Crippen LogP contribution in [0.4, 0.5) is 0 Å². The van der Waals surface area contributed by atoms with Gasteiger partial charge in [-0.15, -0.1) is 0 Å². The van der Waals surface area contributed by atoms with E-state index < -0.39 is 30.4 Å². The van der Waals surface area contributed by atoms with Gasteiger partial charge in [-0.25, -0.2) is 0 Å². The van der Waals surface area contributed by atoms with Crippen molar-refractivity contribution in [3.63, 3.8) is 0 Å². The first-order valence-corrected chi connectivity index (χ1v) is 11.4. The Kier molecular flexibility index (Phi) is 9.72. The first kappa shape index (κ1) is 25.6. The molecule has 7 heteroatoms. The highest BCUT2D eigenvalue weighted by Gasteiger charge is 2.42. The van der Waals surface area contributed by atoms with Crippen LogP contribution in [0.3, 0.4) is 0 Å². The van der Waals surface area contributed by atoms with Crippen molar-refractivity contribution in [1.29, 1.82) is 0 Å². The highest BCUT2D eigenvalue weighted by atomic mass is 16.5. The van der Waals surface area contributed by atoms with Gasteiger partial charge in [0.05, 0.1) is 37.8 Å². The van der Waals surface area contributed by atoms with Gasteiger partial charge in [0.25, 0.3) is 0 Å². The summed E-state index contributed by atoms with van der Waals surface area (Å²) in [7, 11) is 1.26. The molecule has 0 bridgehead atoms. The molecular formula is C24H38O7. The Hall–Kier alpha value is -1.70. The zero-order valence-corrected chi connectivity index (χ0v) is 19.1. The number of hydrogen-bond acceptors (Lipinski definition) is 7. The minimum atomic E-state index is -0.948. The van der Waals surface area contributed by atoms with Crippen molar-refractivity contribution < 1.29 is 34.4 Å². The normalized spacial score (nSPS) is 30.5. The molecule has 0 aromatic heterocycles. The summed E-state index contributed by atoms with van der Waals surface area (Å²) in [6.45, 7) is 5.89. The molecule has 0 saturated carbocycles.